The third-order valence-electron chi connectivity index (χ3n) is 1.97. The molecule has 0 aromatic carbocycles. The fourth-order valence-electron chi connectivity index (χ4n) is 1.24. The summed E-state index contributed by atoms with van der Waals surface area (Å²) in [6.07, 6.45) is 1.52. The summed E-state index contributed by atoms with van der Waals surface area (Å²) in [7, 11) is 0. The first kappa shape index (κ1) is 10.2. The highest BCUT2D eigenvalue weighted by Crippen LogP contribution is 2.14. The molecule has 2 heterocycles. The summed E-state index contributed by atoms with van der Waals surface area (Å²) in [6.45, 7) is 2.19. The molecule has 0 saturated heterocycles. The summed E-state index contributed by atoms with van der Waals surface area (Å²) in [6, 6.07) is 5.11. The van der Waals surface area contributed by atoms with E-state index in [1.54, 1.807) is 13.0 Å². The minimum atomic E-state index is -0.0741. The van der Waals surface area contributed by atoms with Crippen LogP contribution in [0, 0.1) is 6.92 Å². The Kier molecular flexibility index (Phi) is 2.73. The number of aromatic nitrogens is 2. The first-order valence-corrected chi connectivity index (χ1v) is 5.22. The van der Waals surface area contributed by atoms with Crippen LogP contribution in [0.2, 0.25) is 0 Å². The van der Waals surface area contributed by atoms with Gasteiger partial charge in [-0.1, -0.05) is 0 Å². The second kappa shape index (κ2) is 4.02. The molecule has 0 spiro atoms. The molecule has 0 aliphatic rings. The molecule has 0 N–H and O–H groups in total. The number of rotatable bonds is 2. The molecule has 78 valence electrons. The average Bonchev–Trinajstić information content (AvgIpc) is 2.56. The maximum Gasteiger partial charge on any atom is 0.253 e. The van der Waals surface area contributed by atoms with Crippen molar-refractivity contribution in [1.82, 2.24) is 9.55 Å². The first-order valence-electron chi connectivity index (χ1n) is 4.42. The Morgan fingerprint density at radius 1 is 1.53 bits per heavy atom. The van der Waals surface area contributed by atoms with Gasteiger partial charge in [-0.2, -0.15) is 0 Å². The predicted molar refractivity (Wildman–Crippen MR) is 58.7 cm³/mol. The second-order valence-corrected chi connectivity index (χ2v) is 3.98. The van der Waals surface area contributed by atoms with Gasteiger partial charge in [-0.25, -0.2) is 4.98 Å². The van der Waals surface area contributed by atoms with Crippen molar-refractivity contribution in [3.05, 3.63) is 51.0 Å². The Balaban J connectivity index is 2.28. The van der Waals surface area contributed by atoms with Gasteiger partial charge in [0.1, 0.15) is 5.76 Å². The van der Waals surface area contributed by atoms with E-state index in [1.165, 1.54) is 17.0 Å². The van der Waals surface area contributed by atoms with Gasteiger partial charge >= 0.3 is 0 Å². The standard InChI is InChI=1S/C10H9BrN2O2/c1-7-4-10(14)13(6-12-7)5-8-2-3-9(11)15-8/h2-4,6H,5H2,1H3. The van der Waals surface area contributed by atoms with E-state index in [1.807, 2.05) is 6.07 Å². The van der Waals surface area contributed by atoms with Crippen molar-refractivity contribution in [2.45, 2.75) is 13.5 Å². The van der Waals surface area contributed by atoms with E-state index in [-0.39, 0.29) is 5.56 Å². The minimum absolute atomic E-state index is 0.0741. The van der Waals surface area contributed by atoms with Crippen LogP contribution in [0.1, 0.15) is 11.5 Å². The molecule has 0 aliphatic heterocycles. The van der Waals surface area contributed by atoms with Crippen molar-refractivity contribution < 1.29 is 4.42 Å². The Bertz CT molecular complexity index is 530. The molecular formula is C10H9BrN2O2. The summed E-state index contributed by atoms with van der Waals surface area (Å²) in [5.74, 6) is 0.717. The van der Waals surface area contributed by atoms with Gasteiger partial charge in [0.25, 0.3) is 5.56 Å². The van der Waals surface area contributed by atoms with Gasteiger partial charge in [0.05, 0.1) is 12.9 Å². The van der Waals surface area contributed by atoms with Crippen LogP contribution < -0.4 is 5.56 Å². The van der Waals surface area contributed by atoms with Crippen LogP contribution in [-0.4, -0.2) is 9.55 Å². The SMILES string of the molecule is Cc1cc(=O)n(Cc2ccc(Br)o2)cn1. The van der Waals surface area contributed by atoms with Crippen LogP contribution in [0.5, 0.6) is 0 Å². The van der Waals surface area contributed by atoms with Crippen LogP contribution in [0.25, 0.3) is 0 Å². The Hall–Kier alpha value is -1.36. The Morgan fingerprint density at radius 3 is 2.93 bits per heavy atom. The van der Waals surface area contributed by atoms with E-state index >= 15 is 0 Å². The van der Waals surface area contributed by atoms with Gasteiger partial charge in [0, 0.05) is 11.8 Å². The van der Waals surface area contributed by atoms with E-state index in [9.17, 15) is 4.79 Å². The van der Waals surface area contributed by atoms with E-state index in [0.717, 1.165) is 11.5 Å². The Labute approximate surface area is 94.7 Å². The third-order valence-corrected chi connectivity index (χ3v) is 2.40. The Morgan fingerprint density at radius 2 is 2.33 bits per heavy atom. The van der Waals surface area contributed by atoms with Crippen LogP contribution in [0.15, 0.2) is 38.4 Å². The molecule has 0 amide bonds. The fourth-order valence-corrected chi connectivity index (χ4v) is 1.58. The monoisotopic (exact) mass is 268 g/mol. The molecule has 0 saturated carbocycles. The largest absolute Gasteiger partial charge is 0.452 e. The average molecular weight is 269 g/mol. The van der Waals surface area contributed by atoms with Gasteiger partial charge in [-0.3, -0.25) is 9.36 Å². The minimum Gasteiger partial charge on any atom is -0.452 e. The summed E-state index contributed by atoms with van der Waals surface area (Å²) >= 11 is 3.21. The normalized spacial score (nSPS) is 10.5. The molecule has 0 unspecified atom stereocenters. The molecule has 4 nitrogen and oxygen atoms in total. The molecule has 2 aromatic rings. The maximum atomic E-state index is 11.5. The van der Waals surface area contributed by atoms with E-state index in [2.05, 4.69) is 20.9 Å². The van der Waals surface area contributed by atoms with E-state index in [0.29, 0.717) is 11.2 Å². The quantitative estimate of drug-likeness (QED) is 0.837. The predicted octanol–water partition coefficient (Wildman–Crippen LogP) is 1.96. The van der Waals surface area contributed by atoms with Crippen molar-refractivity contribution in [1.29, 1.82) is 0 Å². The molecule has 2 aromatic heterocycles. The third kappa shape index (κ3) is 2.36. The van der Waals surface area contributed by atoms with Gasteiger partial charge < -0.3 is 4.42 Å². The highest BCUT2D eigenvalue weighted by atomic mass is 79.9. The van der Waals surface area contributed by atoms with Crippen LogP contribution >= 0.6 is 15.9 Å². The van der Waals surface area contributed by atoms with Crippen molar-refractivity contribution in [2.75, 3.05) is 0 Å². The lowest BCUT2D eigenvalue weighted by Gasteiger charge is -2.01. The summed E-state index contributed by atoms with van der Waals surface area (Å²) < 4.78 is 7.46. The van der Waals surface area contributed by atoms with Gasteiger partial charge in [-0.15, -0.1) is 0 Å². The summed E-state index contributed by atoms with van der Waals surface area (Å²) in [5.41, 5.74) is 0.645. The molecular weight excluding hydrogens is 260 g/mol. The molecule has 15 heavy (non-hydrogen) atoms. The number of furan rings is 1. The topological polar surface area (TPSA) is 48.0 Å². The van der Waals surface area contributed by atoms with Gasteiger partial charge in [0.2, 0.25) is 0 Å². The van der Waals surface area contributed by atoms with Crippen LogP contribution in [0.4, 0.5) is 0 Å². The zero-order valence-electron chi connectivity index (χ0n) is 8.11. The number of aryl methyl sites for hydroxylation is 1. The lowest BCUT2D eigenvalue weighted by Crippen LogP contribution is -2.20. The lowest BCUT2D eigenvalue weighted by molar-refractivity contribution is 0.469. The first-order chi connectivity index (χ1) is 7.15. The molecule has 2 rings (SSSR count). The van der Waals surface area contributed by atoms with Crippen molar-refractivity contribution >= 4 is 15.9 Å². The summed E-state index contributed by atoms with van der Waals surface area (Å²) in [4.78, 5) is 15.6. The van der Waals surface area contributed by atoms with Crippen molar-refractivity contribution in [3.63, 3.8) is 0 Å². The molecule has 5 heteroatoms. The van der Waals surface area contributed by atoms with Crippen molar-refractivity contribution in [2.24, 2.45) is 0 Å². The number of hydrogen-bond donors (Lipinski definition) is 0. The zero-order valence-corrected chi connectivity index (χ0v) is 9.69. The maximum absolute atomic E-state index is 11.5. The van der Waals surface area contributed by atoms with Gasteiger partial charge in [-0.05, 0) is 35.0 Å². The molecule has 0 radical (unpaired) electrons. The number of halogens is 1. The number of hydrogen-bond acceptors (Lipinski definition) is 3. The number of nitrogens with zero attached hydrogens (tertiary/aromatic N) is 2. The molecule has 0 atom stereocenters. The highest BCUT2D eigenvalue weighted by molar-refractivity contribution is 9.10. The molecule has 0 fully saturated rings. The van der Waals surface area contributed by atoms with Crippen molar-refractivity contribution in [3.8, 4) is 0 Å². The van der Waals surface area contributed by atoms with E-state index < -0.39 is 0 Å². The van der Waals surface area contributed by atoms with E-state index in [4.69, 9.17) is 4.42 Å². The molecule has 0 aliphatic carbocycles. The van der Waals surface area contributed by atoms with Crippen LogP contribution in [-0.2, 0) is 6.54 Å². The molecule has 0 bridgehead atoms. The summed E-state index contributed by atoms with van der Waals surface area (Å²) in [5, 5.41) is 0. The highest BCUT2D eigenvalue weighted by Gasteiger charge is 2.02. The van der Waals surface area contributed by atoms with Crippen LogP contribution in [0.3, 0.4) is 0 Å². The fraction of sp³-hybridized carbons (Fsp3) is 0.200. The zero-order chi connectivity index (χ0) is 10.8. The van der Waals surface area contributed by atoms with Gasteiger partial charge in [0.15, 0.2) is 4.67 Å². The lowest BCUT2D eigenvalue weighted by atomic mass is 10.4. The second-order valence-electron chi connectivity index (χ2n) is 3.20. The smallest absolute Gasteiger partial charge is 0.253 e.